The fourth-order valence-electron chi connectivity index (χ4n) is 3.20. The van der Waals surface area contributed by atoms with E-state index in [1.54, 1.807) is 23.1 Å². The van der Waals surface area contributed by atoms with Gasteiger partial charge in [-0.25, -0.2) is 13.1 Å². The lowest BCUT2D eigenvalue weighted by molar-refractivity contribution is -0.117. The van der Waals surface area contributed by atoms with Gasteiger partial charge < -0.3 is 10.2 Å². The third-order valence-electron chi connectivity index (χ3n) is 4.80. The van der Waals surface area contributed by atoms with E-state index in [9.17, 15) is 18.0 Å². The molecule has 2 amide bonds. The van der Waals surface area contributed by atoms with E-state index in [-0.39, 0.29) is 12.5 Å². The minimum absolute atomic E-state index is 0.1000. The zero-order valence-corrected chi connectivity index (χ0v) is 17.8. The van der Waals surface area contributed by atoms with Gasteiger partial charge in [-0.15, -0.1) is 0 Å². The maximum absolute atomic E-state index is 12.1. The van der Waals surface area contributed by atoms with Crippen LogP contribution < -0.4 is 14.9 Å². The Labute approximate surface area is 176 Å². The van der Waals surface area contributed by atoms with Gasteiger partial charge in [0.1, 0.15) is 0 Å². The summed E-state index contributed by atoms with van der Waals surface area (Å²) >= 11 is 0. The summed E-state index contributed by atoms with van der Waals surface area (Å²) in [4.78, 5) is 25.8. The Kier molecular flexibility index (Phi) is 6.69. The van der Waals surface area contributed by atoms with Crippen molar-refractivity contribution in [2.24, 2.45) is 0 Å². The van der Waals surface area contributed by atoms with Gasteiger partial charge in [0.25, 0.3) is 0 Å². The molecule has 1 fully saturated rings. The molecule has 0 spiro atoms. The normalized spacial score (nSPS) is 14.5. The number of carbonyl (C=O) groups is 2. The van der Waals surface area contributed by atoms with Gasteiger partial charge >= 0.3 is 0 Å². The summed E-state index contributed by atoms with van der Waals surface area (Å²) in [6.45, 7) is 4.13. The van der Waals surface area contributed by atoms with Gasteiger partial charge in [0.15, 0.2) is 0 Å². The molecule has 2 aromatic carbocycles. The molecule has 8 heteroatoms. The second kappa shape index (κ2) is 9.23. The number of nitrogens with one attached hydrogen (secondary N) is 2. The smallest absolute Gasteiger partial charge is 0.239 e. The molecule has 0 aromatic heterocycles. The summed E-state index contributed by atoms with van der Waals surface area (Å²) in [5.74, 6) is -0.380. The van der Waals surface area contributed by atoms with E-state index in [0.29, 0.717) is 18.7 Å². The Morgan fingerprint density at radius 2 is 1.87 bits per heavy atom. The molecule has 3 rings (SSSR count). The van der Waals surface area contributed by atoms with Crippen LogP contribution in [0.4, 0.5) is 11.4 Å². The Hall–Kier alpha value is -2.97. The predicted molar refractivity (Wildman–Crippen MR) is 119 cm³/mol. The summed E-state index contributed by atoms with van der Waals surface area (Å²) in [5.41, 5.74) is 4.08. The lowest BCUT2D eigenvalue weighted by Gasteiger charge is -2.19. The topological polar surface area (TPSA) is 95.6 Å². The van der Waals surface area contributed by atoms with Crippen molar-refractivity contribution in [1.82, 2.24) is 4.72 Å². The first-order valence-electron chi connectivity index (χ1n) is 9.69. The van der Waals surface area contributed by atoms with E-state index in [1.807, 2.05) is 38.1 Å². The van der Waals surface area contributed by atoms with Crippen LogP contribution in [0.15, 0.2) is 47.9 Å². The highest BCUT2D eigenvalue weighted by Crippen LogP contribution is 2.27. The average Bonchev–Trinajstić information content (AvgIpc) is 3.12. The molecule has 7 nitrogen and oxygen atoms in total. The molecule has 0 unspecified atom stereocenters. The Morgan fingerprint density at radius 1 is 1.13 bits per heavy atom. The average molecular weight is 428 g/mol. The minimum atomic E-state index is -3.74. The van der Waals surface area contributed by atoms with Gasteiger partial charge in [-0.05, 0) is 55.7 Å². The van der Waals surface area contributed by atoms with Crippen molar-refractivity contribution in [1.29, 1.82) is 0 Å². The highest BCUT2D eigenvalue weighted by atomic mass is 32.2. The molecule has 0 radical (unpaired) electrons. The van der Waals surface area contributed by atoms with Crippen LogP contribution in [0.25, 0.3) is 6.08 Å². The zero-order chi connectivity index (χ0) is 21.7. The fourth-order valence-corrected chi connectivity index (χ4v) is 3.97. The van der Waals surface area contributed by atoms with Crippen LogP contribution in [0, 0.1) is 13.8 Å². The van der Waals surface area contributed by atoms with Gasteiger partial charge in [-0.3, -0.25) is 9.59 Å². The second-order valence-electron chi connectivity index (χ2n) is 7.28. The SMILES string of the molecule is Cc1ccc(/C=C/S(=O)(=O)NCC(=O)Nc2ccc(N3CCCC3=O)c(C)c2)cc1. The molecule has 1 aliphatic heterocycles. The molecule has 1 saturated heterocycles. The summed E-state index contributed by atoms with van der Waals surface area (Å²) in [6.07, 6.45) is 2.87. The maximum Gasteiger partial charge on any atom is 0.239 e. The largest absolute Gasteiger partial charge is 0.325 e. The highest BCUT2D eigenvalue weighted by Gasteiger charge is 2.23. The van der Waals surface area contributed by atoms with E-state index in [0.717, 1.165) is 34.2 Å². The number of anilines is 2. The van der Waals surface area contributed by atoms with Crippen molar-refractivity contribution in [3.05, 3.63) is 64.6 Å². The standard InChI is InChI=1S/C22H25N3O4S/c1-16-5-7-18(8-6-16)11-13-30(28,29)23-15-21(26)24-19-9-10-20(17(2)14-19)25-12-3-4-22(25)27/h5-11,13-14,23H,3-4,12,15H2,1-2H3,(H,24,26)/b13-11+. The number of amides is 2. The Bertz CT molecular complexity index is 1080. The summed E-state index contributed by atoms with van der Waals surface area (Å²) in [5, 5.41) is 3.71. The molecule has 2 aromatic rings. The molecule has 0 saturated carbocycles. The van der Waals surface area contributed by atoms with E-state index in [1.165, 1.54) is 6.08 Å². The van der Waals surface area contributed by atoms with Crippen LogP contribution in [-0.4, -0.2) is 33.3 Å². The fraction of sp³-hybridized carbons (Fsp3) is 0.273. The Morgan fingerprint density at radius 3 is 2.50 bits per heavy atom. The number of sulfonamides is 1. The molecular formula is C22H25N3O4S. The molecule has 1 aliphatic rings. The molecule has 0 atom stereocenters. The van der Waals surface area contributed by atoms with E-state index >= 15 is 0 Å². The number of hydrogen-bond acceptors (Lipinski definition) is 4. The molecule has 0 aliphatic carbocycles. The molecule has 2 N–H and O–H groups in total. The Balaban J connectivity index is 1.55. The van der Waals surface area contributed by atoms with Gasteiger partial charge in [0, 0.05) is 29.7 Å². The first kappa shape index (κ1) is 21.7. The summed E-state index contributed by atoms with van der Waals surface area (Å²) in [7, 11) is -3.74. The monoisotopic (exact) mass is 427 g/mol. The highest BCUT2D eigenvalue weighted by molar-refractivity contribution is 7.92. The van der Waals surface area contributed by atoms with Crippen LogP contribution in [-0.2, 0) is 19.6 Å². The quantitative estimate of drug-likeness (QED) is 0.710. The maximum atomic E-state index is 12.1. The van der Waals surface area contributed by atoms with Crippen LogP contribution in [0.1, 0.15) is 29.5 Å². The van der Waals surface area contributed by atoms with Crippen LogP contribution in [0.3, 0.4) is 0 Å². The lowest BCUT2D eigenvalue weighted by atomic mass is 10.1. The lowest BCUT2D eigenvalue weighted by Crippen LogP contribution is -2.31. The van der Waals surface area contributed by atoms with Crippen molar-refractivity contribution in [2.75, 3.05) is 23.3 Å². The molecule has 0 bridgehead atoms. The first-order valence-corrected chi connectivity index (χ1v) is 11.2. The van der Waals surface area contributed by atoms with Gasteiger partial charge in [0.05, 0.1) is 6.54 Å². The van der Waals surface area contributed by atoms with Crippen molar-refractivity contribution in [3.8, 4) is 0 Å². The number of aryl methyl sites for hydroxylation is 2. The minimum Gasteiger partial charge on any atom is -0.325 e. The third kappa shape index (κ3) is 5.77. The van der Waals surface area contributed by atoms with Crippen molar-refractivity contribution < 1.29 is 18.0 Å². The molecule has 30 heavy (non-hydrogen) atoms. The van der Waals surface area contributed by atoms with E-state index in [2.05, 4.69) is 10.0 Å². The van der Waals surface area contributed by atoms with Gasteiger partial charge in [0.2, 0.25) is 21.8 Å². The molecule has 158 valence electrons. The van der Waals surface area contributed by atoms with Crippen LogP contribution >= 0.6 is 0 Å². The number of benzene rings is 2. The molecular weight excluding hydrogens is 402 g/mol. The van der Waals surface area contributed by atoms with Crippen molar-refractivity contribution >= 4 is 39.3 Å². The third-order valence-corrected chi connectivity index (χ3v) is 5.84. The number of nitrogens with zero attached hydrogens (tertiary/aromatic N) is 1. The summed E-state index contributed by atoms with van der Waals surface area (Å²) < 4.78 is 26.4. The van der Waals surface area contributed by atoms with Gasteiger partial charge in [-0.2, -0.15) is 0 Å². The predicted octanol–water partition coefficient (Wildman–Crippen LogP) is 2.96. The number of rotatable bonds is 7. The zero-order valence-electron chi connectivity index (χ0n) is 17.0. The second-order valence-corrected chi connectivity index (χ2v) is 8.93. The number of hydrogen-bond donors (Lipinski definition) is 2. The number of carbonyl (C=O) groups excluding carboxylic acids is 2. The van der Waals surface area contributed by atoms with Gasteiger partial charge in [-0.1, -0.05) is 29.8 Å². The first-order chi connectivity index (χ1) is 14.2. The van der Waals surface area contributed by atoms with E-state index < -0.39 is 15.9 Å². The summed E-state index contributed by atoms with van der Waals surface area (Å²) in [6, 6.07) is 12.7. The van der Waals surface area contributed by atoms with Crippen molar-refractivity contribution in [2.45, 2.75) is 26.7 Å². The van der Waals surface area contributed by atoms with Crippen molar-refractivity contribution in [3.63, 3.8) is 0 Å². The van der Waals surface area contributed by atoms with E-state index in [4.69, 9.17) is 0 Å². The van der Waals surface area contributed by atoms with Crippen LogP contribution in [0.2, 0.25) is 0 Å². The molecule has 1 heterocycles. The van der Waals surface area contributed by atoms with Crippen LogP contribution in [0.5, 0.6) is 0 Å².